The molecule has 0 saturated carbocycles. The first-order valence-corrected chi connectivity index (χ1v) is 6.61. The highest BCUT2D eigenvalue weighted by molar-refractivity contribution is 6.30. The van der Waals surface area contributed by atoms with E-state index in [0.29, 0.717) is 5.69 Å². The summed E-state index contributed by atoms with van der Waals surface area (Å²) in [6, 6.07) is 6.05. The minimum Gasteiger partial charge on any atom is -0.381 e. The summed E-state index contributed by atoms with van der Waals surface area (Å²) in [7, 11) is 0. The zero-order chi connectivity index (χ0) is 14.7. The highest BCUT2D eigenvalue weighted by Crippen LogP contribution is 2.16. The Kier molecular flexibility index (Phi) is 4.39. The molecule has 2 aromatic rings. The molecule has 0 fully saturated rings. The Morgan fingerprint density at radius 2 is 2.15 bits per heavy atom. The molecule has 6 heteroatoms. The normalized spacial score (nSPS) is 10.8. The lowest BCUT2D eigenvalue weighted by molar-refractivity contribution is 0.619. The Labute approximate surface area is 121 Å². The molecule has 0 atom stereocenters. The second-order valence-electron chi connectivity index (χ2n) is 4.79. The molecular formula is C14H15ClFN3O. The standard InChI is InChI=1S/C14H15ClFN3O/c1-9(2)18-11-6-14(20)19(17-7-11)8-10-3-4-13(16)12(15)5-10/h3-7,9,18H,8H2,1-2H3. The molecule has 20 heavy (non-hydrogen) atoms. The Morgan fingerprint density at radius 3 is 2.75 bits per heavy atom. The molecule has 0 aliphatic rings. The summed E-state index contributed by atoms with van der Waals surface area (Å²) in [6.07, 6.45) is 1.59. The van der Waals surface area contributed by atoms with Gasteiger partial charge < -0.3 is 5.32 Å². The molecule has 0 saturated heterocycles. The SMILES string of the molecule is CC(C)Nc1cnn(Cc2ccc(F)c(Cl)c2)c(=O)c1. The van der Waals surface area contributed by atoms with E-state index in [1.807, 2.05) is 13.8 Å². The fourth-order valence-corrected chi connectivity index (χ4v) is 1.98. The third-order valence-electron chi connectivity index (χ3n) is 2.64. The topological polar surface area (TPSA) is 46.9 Å². The highest BCUT2D eigenvalue weighted by atomic mass is 35.5. The number of aromatic nitrogens is 2. The number of nitrogens with one attached hydrogen (secondary N) is 1. The maximum Gasteiger partial charge on any atom is 0.269 e. The lowest BCUT2D eigenvalue weighted by Gasteiger charge is -2.10. The fourth-order valence-electron chi connectivity index (χ4n) is 1.78. The molecule has 106 valence electrons. The molecule has 0 radical (unpaired) electrons. The third kappa shape index (κ3) is 3.57. The van der Waals surface area contributed by atoms with E-state index in [1.54, 1.807) is 12.3 Å². The summed E-state index contributed by atoms with van der Waals surface area (Å²) in [6.45, 7) is 4.21. The van der Waals surface area contributed by atoms with Crippen LogP contribution in [-0.4, -0.2) is 15.8 Å². The maximum absolute atomic E-state index is 13.1. The van der Waals surface area contributed by atoms with Crippen LogP contribution >= 0.6 is 11.6 Å². The lowest BCUT2D eigenvalue weighted by atomic mass is 10.2. The fraction of sp³-hybridized carbons (Fsp3) is 0.286. The van der Waals surface area contributed by atoms with Gasteiger partial charge in [-0.2, -0.15) is 5.10 Å². The van der Waals surface area contributed by atoms with Gasteiger partial charge in [0.15, 0.2) is 0 Å². The molecule has 4 nitrogen and oxygen atoms in total. The summed E-state index contributed by atoms with van der Waals surface area (Å²) >= 11 is 5.71. The molecule has 0 amide bonds. The lowest BCUT2D eigenvalue weighted by Crippen LogP contribution is -2.24. The average molecular weight is 296 g/mol. The second kappa shape index (κ2) is 6.05. The molecule has 1 aromatic heterocycles. The average Bonchev–Trinajstić information content (AvgIpc) is 2.36. The third-order valence-corrected chi connectivity index (χ3v) is 2.93. The van der Waals surface area contributed by atoms with E-state index in [2.05, 4.69) is 10.4 Å². The van der Waals surface area contributed by atoms with Crippen LogP contribution in [0, 0.1) is 5.82 Å². The van der Waals surface area contributed by atoms with Gasteiger partial charge in [-0.15, -0.1) is 0 Å². The zero-order valence-corrected chi connectivity index (χ0v) is 12.0. The summed E-state index contributed by atoms with van der Waals surface area (Å²) in [5.74, 6) is -0.479. The first kappa shape index (κ1) is 14.5. The van der Waals surface area contributed by atoms with Crippen molar-refractivity contribution in [3.05, 3.63) is 57.2 Å². The number of benzene rings is 1. The van der Waals surface area contributed by atoms with E-state index in [0.717, 1.165) is 5.56 Å². The van der Waals surface area contributed by atoms with Crippen molar-refractivity contribution in [3.63, 3.8) is 0 Å². The largest absolute Gasteiger partial charge is 0.381 e. The first-order chi connectivity index (χ1) is 9.45. The van der Waals surface area contributed by atoms with Gasteiger partial charge in [-0.1, -0.05) is 17.7 Å². The highest BCUT2D eigenvalue weighted by Gasteiger charge is 2.05. The van der Waals surface area contributed by atoms with Crippen molar-refractivity contribution < 1.29 is 4.39 Å². The number of halogens is 2. The second-order valence-corrected chi connectivity index (χ2v) is 5.19. The van der Waals surface area contributed by atoms with E-state index in [4.69, 9.17) is 11.6 Å². The van der Waals surface area contributed by atoms with Crippen LogP contribution in [0.1, 0.15) is 19.4 Å². The Bertz CT molecular complexity index is 670. The van der Waals surface area contributed by atoms with Crippen molar-refractivity contribution in [1.29, 1.82) is 0 Å². The predicted octanol–water partition coefficient (Wildman–Crippen LogP) is 2.90. The van der Waals surface area contributed by atoms with Crippen molar-refractivity contribution >= 4 is 17.3 Å². The first-order valence-electron chi connectivity index (χ1n) is 6.23. The van der Waals surface area contributed by atoms with Gasteiger partial charge in [-0.05, 0) is 31.5 Å². The van der Waals surface area contributed by atoms with Crippen molar-refractivity contribution in [3.8, 4) is 0 Å². The van der Waals surface area contributed by atoms with Gasteiger partial charge in [-0.25, -0.2) is 9.07 Å². The van der Waals surface area contributed by atoms with Gasteiger partial charge in [-0.3, -0.25) is 4.79 Å². The van der Waals surface area contributed by atoms with Gasteiger partial charge in [0.05, 0.1) is 23.5 Å². The van der Waals surface area contributed by atoms with Crippen LogP contribution in [0.15, 0.2) is 35.3 Å². The molecular weight excluding hydrogens is 281 g/mol. The van der Waals surface area contributed by atoms with E-state index in [-0.39, 0.29) is 23.2 Å². The Hall–Kier alpha value is -1.88. The summed E-state index contributed by atoms with van der Waals surface area (Å²) < 4.78 is 14.4. The van der Waals surface area contributed by atoms with Gasteiger partial charge in [0.1, 0.15) is 5.82 Å². The molecule has 2 rings (SSSR count). The van der Waals surface area contributed by atoms with E-state index >= 15 is 0 Å². The number of anilines is 1. The number of rotatable bonds is 4. The molecule has 0 bridgehead atoms. The summed E-state index contributed by atoms with van der Waals surface area (Å²) in [5, 5.41) is 7.23. The molecule has 0 aliphatic carbocycles. The van der Waals surface area contributed by atoms with Gasteiger partial charge in [0.25, 0.3) is 5.56 Å². The minimum absolute atomic E-state index is 0.0358. The van der Waals surface area contributed by atoms with Gasteiger partial charge in [0.2, 0.25) is 0 Å². The van der Waals surface area contributed by atoms with Crippen molar-refractivity contribution in [1.82, 2.24) is 9.78 Å². The minimum atomic E-state index is -0.479. The molecule has 0 unspecified atom stereocenters. The van der Waals surface area contributed by atoms with Crippen LogP contribution in [0.5, 0.6) is 0 Å². The van der Waals surface area contributed by atoms with Crippen molar-refractivity contribution in [2.75, 3.05) is 5.32 Å². The number of hydrogen-bond donors (Lipinski definition) is 1. The van der Waals surface area contributed by atoms with E-state index in [1.165, 1.54) is 22.9 Å². The van der Waals surface area contributed by atoms with Crippen molar-refractivity contribution in [2.45, 2.75) is 26.4 Å². The molecule has 0 spiro atoms. The molecule has 1 N–H and O–H groups in total. The Morgan fingerprint density at radius 1 is 1.40 bits per heavy atom. The molecule has 1 heterocycles. The predicted molar refractivity (Wildman–Crippen MR) is 77.8 cm³/mol. The van der Waals surface area contributed by atoms with Crippen molar-refractivity contribution in [2.24, 2.45) is 0 Å². The van der Waals surface area contributed by atoms with Crippen LogP contribution in [0.4, 0.5) is 10.1 Å². The van der Waals surface area contributed by atoms with Crippen LogP contribution in [0.25, 0.3) is 0 Å². The summed E-state index contributed by atoms with van der Waals surface area (Å²) in [4.78, 5) is 11.9. The van der Waals surface area contributed by atoms with Crippen LogP contribution in [0.2, 0.25) is 5.02 Å². The molecule has 0 aliphatic heterocycles. The quantitative estimate of drug-likeness (QED) is 0.943. The van der Waals surface area contributed by atoms with Crippen LogP contribution in [-0.2, 0) is 6.54 Å². The number of hydrogen-bond acceptors (Lipinski definition) is 3. The van der Waals surface area contributed by atoms with Crippen LogP contribution < -0.4 is 10.9 Å². The monoisotopic (exact) mass is 295 g/mol. The maximum atomic E-state index is 13.1. The Balaban J connectivity index is 2.21. The van der Waals surface area contributed by atoms with E-state index in [9.17, 15) is 9.18 Å². The number of nitrogens with zero attached hydrogens (tertiary/aromatic N) is 2. The van der Waals surface area contributed by atoms with Gasteiger partial charge >= 0.3 is 0 Å². The summed E-state index contributed by atoms with van der Waals surface area (Å²) in [5.41, 5.74) is 1.17. The van der Waals surface area contributed by atoms with Gasteiger partial charge in [0, 0.05) is 12.1 Å². The smallest absolute Gasteiger partial charge is 0.269 e. The molecule has 1 aromatic carbocycles. The van der Waals surface area contributed by atoms with E-state index < -0.39 is 5.82 Å². The zero-order valence-electron chi connectivity index (χ0n) is 11.2. The van der Waals surface area contributed by atoms with Crippen LogP contribution in [0.3, 0.4) is 0 Å².